The van der Waals surface area contributed by atoms with Crippen LogP contribution in [-0.2, 0) is 27.3 Å². The number of nitrogens with one attached hydrogen (secondary N) is 1. The molecule has 1 fully saturated rings. The summed E-state index contributed by atoms with van der Waals surface area (Å²) in [6.45, 7) is 7.25. The normalized spacial score (nSPS) is 19.5. The van der Waals surface area contributed by atoms with Crippen LogP contribution >= 0.6 is 0 Å². The summed E-state index contributed by atoms with van der Waals surface area (Å²) in [7, 11) is 0. The van der Waals surface area contributed by atoms with Crippen molar-refractivity contribution < 1.29 is 19.1 Å². The van der Waals surface area contributed by atoms with Crippen molar-refractivity contribution in [3.63, 3.8) is 0 Å². The molecule has 1 N–H and O–H groups in total. The molecular formula is C28H36N3O4+. The maximum Gasteiger partial charge on any atom is 0.267 e. The van der Waals surface area contributed by atoms with E-state index in [1.807, 2.05) is 12.1 Å². The van der Waals surface area contributed by atoms with Crippen molar-refractivity contribution in [1.29, 1.82) is 0 Å². The van der Waals surface area contributed by atoms with Crippen molar-refractivity contribution in [1.82, 2.24) is 5.48 Å². The number of nitroso groups, excluding NO2 is 1. The average Bonchev–Trinajstić information content (AvgIpc) is 3.32. The second-order valence-corrected chi connectivity index (χ2v) is 9.14. The van der Waals surface area contributed by atoms with E-state index < -0.39 is 0 Å². The Kier molecular flexibility index (Phi) is 8.66. The first-order valence-electron chi connectivity index (χ1n) is 12.7. The number of hydroxylamine groups is 1. The lowest BCUT2D eigenvalue weighted by Crippen LogP contribution is -2.32. The Balaban J connectivity index is 1.32. The van der Waals surface area contributed by atoms with Gasteiger partial charge in [-0.2, -0.15) is 0 Å². The van der Waals surface area contributed by atoms with Crippen molar-refractivity contribution in [3.05, 3.63) is 75.7 Å². The molecule has 1 aliphatic heterocycles. The van der Waals surface area contributed by atoms with E-state index in [-0.39, 0.29) is 18.2 Å². The number of nitrogens with zero attached hydrogens (tertiary/aromatic N) is 2. The monoisotopic (exact) mass is 478 g/mol. The minimum absolute atomic E-state index is 0.141. The molecule has 35 heavy (non-hydrogen) atoms. The highest BCUT2D eigenvalue weighted by Gasteiger charge is 2.34. The fourth-order valence-corrected chi connectivity index (χ4v) is 4.84. The molecule has 2 atom stereocenters. The fraction of sp³-hybridized carbons (Fsp3) is 0.464. The number of carbonyl (C=O) groups excluding carboxylic acids is 1. The molecule has 2 aliphatic rings. The van der Waals surface area contributed by atoms with Crippen molar-refractivity contribution in [2.45, 2.75) is 64.8 Å². The van der Waals surface area contributed by atoms with Gasteiger partial charge in [0.05, 0.1) is 0 Å². The molecule has 0 radical (unpaired) electrons. The standard InChI is InChI=1S/C28H35N3O4/c1-3-30(4-2)24-13-8-22(9-14-24)20-31(33)26-16-12-23-19-21(10-15-25(23)26)11-17-27(32)29-35-28-7-5-6-18-34-28/h8-11,13-15,17,19,26,28H,3-7,12,16,18,20H2,1-2H3/p+1/b17-11+. The van der Waals surface area contributed by atoms with Crippen LogP contribution in [0.15, 0.2) is 48.5 Å². The van der Waals surface area contributed by atoms with Gasteiger partial charge < -0.3 is 9.64 Å². The number of amides is 1. The number of rotatable bonds is 10. The van der Waals surface area contributed by atoms with Gasteiger partial charge in [0, 0.05) is 65.1 Å². The Morgan fingerprint density at radius 1 is 1.14 bits per heavy atom. The van der Waals surface area contributed by atoms with E-state index in [4.69, 9.17) is 9.57 Å². The van der Waals surface area contributed by atoms with Gasteiger partial charge in [0.2, 0.25) is 12.6 Å². The van der Waals surface area contributed by atoms with E-state index in [2.05, 4.69) is 54.6 Å². The molecule has 7 nitrogen and oxygen atoms in total. The van der Waals surface area contributed by atoms with Crippen LogP contribution in [0.3, 0.4) is 0 Å². The first-order valence-corrected chi connectivity index (χ1v) is 12.7. The van der Waals surface area contributed by atoms with Gasteiger partial charge in [0.25, 0.3) is 5.91 Å². The Morgan fingerprint density at radius 2 is 1.94 bits per heavy atom. The number of anilines is 1. The Labute approximate surface area is 207 Å². The highest BCUT2D eigenvalue weighted by molar-refractivity contribution is 5.91. The van der Waals surface area contributed by atoms with Gasteiger partial charge in [-0.25, -0.2) is 10.3 Å². The number of ether oxygens (including phenoxy) is 1. The van der Waals surface area contributed by atoms with Crippen molar-refractivity contribution >= 4 is 17.7 Å². The van der Waals surface area contributed by atoms with Crippen molar-refractivity contribution in [3.8, 4) is 0 Å². The van der Waals surface area contributed by atoms with Gasteiger partial charge >= 0.3 is 0 Å². The average molecular weight is 479 g/mol. The molecule has 1 heterocycles. The largest absolute Gasteiger partial charge is 0.372 e. The third-order valence-corrected chi connectivity index (χ3v) is 6.82. The zero-order valence-corrected chi connectivity index (χ0v) is 20.7. The minimum Gasteiger partial charge on any atom is -0.372 e. The maximum absolute atomic E-state index is 13.0. The van der Waals surface area contributed by atoms with Gasteiger partial charge in [-0.1, -0.05) is 30.3 Å². The zero-order chi connectivity index (χ0) is 24.6. The highest BCUT2D eigenvalue weighted by atomic mass is 16.8. The molecule has 0 aromatic heterocycles. The molecule has 0 saturated carbocycles. The summed E-state index contributed by atoms with van der Waals surface area (Å²) >= 11 is 0. The lowest BCUT2D eigenvalue weighted by Gasteiger charge is -2.21. The van der Waals surface area contributed by atoms with Crippen LogP contribution in [0, 0.1) is 4.91 Å². The van der Waals surface area contributed by atoms with Gasteiger partial charge in [-0.3, -0.25) is 4.79 Å². The van der Waals surface area contributed by atoms with Crippen LogP contribution in [0.25, 0.3) is 6.08 Å². The first-order chi connectivity index (χ1) is 17.1. The molecular weight excluding hydrogens is 442 g/mol. The summed E-state index contributed by atoms with van der Waals surface area (Å²) in [5.41, 5.74) is 7.82. The third-order valence-electron chi connectivity index (χ3n) is 6.82. The molecule has 1 aliphatic carbocycles. The molecule has 186 valence electrons. The predicted molar refractivity (Wildman–Crippen MR) is 137 cm³/mol. The Morgan fingerprint density at radius 3 is 2.66 bits per heavy atom. The Hall–Kier alpha value is -3.03. The molecule has 1 saturated heterocycles. The summed E-state index contributed by atoms with van der Waals surface area (Å²) in [6, 6.07) is 14.2. The smallest absolute Gasteiger partial charge is 0.267 e. The quantitative estimate of drug-likeness (QED) is 0.293. The zero-order valence-electron chi connectivity index (χ0n) is 20.7. The number of hydrogen-bond donors (Lipinski definition) is 1. The molecule has 2 unspecified atom stereocenters. The Bertz CT molecular complexity index is 1040. The van der Waals surface area contributed by atoms with Crippen LogP contribution in [0.5, 0.6) is 0 Å². The number of hydrogen-bond acceptors (Lipinski definition) is 5. The molecule has 2 aromatic carbocycles. The molecule has 0 spiro atoms. The molecule has 0 bridgehead atoms. The van der Waals surface area contributed by atoms with Crippen molar-refractivity contribution in [2.24, 2.45) is 0 Å². The lowest BCUT2D eigenvalue weighted by atomic mass is 10.0. The third kappa shape index (κ3) is 6.55. The molecule has 4 rings (SSSR count). The highest BCUT2D eigenvalue weighted by Crippen LogP contribution is 2.35. The number of benzene rings is 2. The van der Waals surface area contributed by atoms with Crippen molar-refractivity contribution in [2.75, 3.05) is 24.6 Å². The first kappa shape index (κ1) is 25.1. The second kappa shape index (κ2) is 12.1. The number of aryl methyl sites for hydroxylation is 1. The fourth-order valence-electron chi connectivity index (χ4n) is 4.84. The van der Waals surface area contributed by atoms with Crippen LogP contribution < -0.4 is 10.4 Å². The summed E-state index contributed by atoms with van der Waals surface area (Å²) in [5.74, 6) is -0.324. The van der Waals surface area contributed by atoms with E-state index in [0.717, 1.165) is 61.9 Å². The minimum atomic E-state index is -0.367. The van der Waals surface area contributed by atoms with Crippen LogP contribution in [0.2, 0.25) is 0 Å². The maximum atomic E-state index is 13.0. The number of fused-ring (bicyclic) bond motifs is 1. The summed E-state index contributed by atoms with van der Waals surface area (Å²) in [6.07, 6.45) is 7.37. The van der Waals surface area contributed by atoms with E-state index in [1.165, 1.54) is 22.1 Å². The van der Waals surface area contributed by atoms with Gasteiger partial charge in [-0.05, 0) is 62.4 Å². The van der Waals surface area contributed by atoms with Crippen LogP contribution in [-0.4, -0.2) is 36.7 Å². The van der Waals surface area contributed by atoms with Crippen LogP contribution in [0.1, 0.15) is 67.8 Å². The van der Waals surface area contributed by atoms with E-state index in [0.29, 0.717) is 13.2 Å². The summed E-state index contributed by atoms with van der Waals surface area (Å²) in [4.78, 5) is 32.7. The second-order valence-electron chi connectivity index (χ2n) is 9.14. The predicted octanol–water partition coefficient (Wildman–Crippen LogP) is 5.09. The van der Waals surface area contributed by atoms with Gasteiger partial charge in [0.15, 0.2) is 6.29 Å². The van der Waals surface area contributed by atoms with Gasteiger partial charge in [0.1, 0.15) is 0 Å². The topological polar surface area (TPSA) is 70.9 Å². The SMILES string of the molecule is CCN(CC)c1ccc(C[N+](=O)C2CCc3cc(/C=C/C(=O)NOC4CCCCO4)ccc32)cc1. The van der Waals surface area contributed by atoms with E-state index in [9.17, 15) is 9.70 Å². The van der Waals surface area contributed by atoms with Crippen LogP contribution in [0.4, 0.5) is 5.69 Å². The van der Waals surface area contributed by atoms with E-state index >= 15 is 0 Å². The number of carbonyl (C=O) groups is 1. The molecule has 2 aromatic rings. The van der Waals surface area contributed by atoms with E-state index in [1.54, 1.807) is 6.08 Å². The summed E-state index contributed by atoms with van der Waals surface area (Å²) in [5, 5.41) is 0. The lowest BCUT2D eigenvalue weighted by molar-refractivity contribution is -0.607. The molecule has 7 heteroatoms. The summed E-state index contributed by atoms with van der Waals surface area (Å²) < 4.78 is 6.64. The van der Waals surface area contributed by atoms with Gasteiger partial charge in [-0.15, -0.1) is 0 Å². The molecule has 1 amide bonds.